The Morgan fingerprint density at radius 2 is 2.11 bits per heavy atom. The zero-order chi connectivity index (χ0) is 19.0. The molecule has 0 bridgehead atoms. The van der Waals surface area contributed by atoms with Crippen LogP contribution in [0.1, 0.15) is 22.1 Å². The first-order chi connectivity index (χ1) is 13.0. The Kier molecular flexibility index (Phi) is 4.36. The monoisotopic (exact) mass is 376 g/mol. The van der Waals surface area contributed by atoms with Gasteiger partial charge in [-0.05, 0) is 0 Å². The van der Waals surface area contributed by atoms with Gasteiger partial charge in [0.05, 0.1) is 43.8 Å². The zero-order valence-corrected chi connectivity index (χ0v) is 13.9. The molecule has 3 aromatic rings. The average molecular weight is 376 g/mol. The van der Waals surface area contributed by atoms with Crippen LogP contribution in [0.2, 0.25) is 0 Å². The number of carbonyl (C=O) groups excluding carboxylic acids is 1. The van der Waals surface area contributed by atoms with Crippen molar-refractivity contribution in [3.8, 4) is 5.69 Å². The fourth-order valence-corrected chi connectivity index (χ4v) is 2.75. The summed E-state index contributed by atoms with van der Waals surface area (Å²) in [4.78, 5) is 22.7. The molecule has 0 unspecified atom stereocenters. The molecule has 4 heterocycles. The van der Waals surface area contributed by atoms with E-state index in [0.29, 0.717) is 5.69 Å². The number of β-amino-alcohol motifs (C(OH)–C–C–N with tert-alkyl or cyclic N) is 1. The van der Waals surface area contributed by atoms with E-state index in [9.17, 15) is 18.7 Å². The van der Waals surface area contributed by atoms with Gasteiger partial charge in [0, 0.05) is 6.07 Å². The van der Waals surface area contributed by atoms with Crippen LogP contribution in [0.5, 0.6) is 0 Å². The highest BCUT2D eigenvalue weighted by Gasteiger charge is 2.35. The Morgan fingerprint density at radius 1 is 1.33 bits per heavy atom. The van der Waals surface area contributed by atoms with Crippen molar-refractivity contribution in [3.05, 3.63) is 54.0 Å². The number of halogens is 2. The van der Waals surface area contributed by atoms with E-state index in [1.54, 1.807) is 0 Å². The van der Waals surface area contributed by atoms with Gasteiger partial charge in [0.2, 0.25) is 5.89 Å². The number of aliphatic hydroxyl groups is 1. The first kappa shape index (κ1) is 17.2. The van der Waals surface area contributed by atoms with Gasteiger partial charge in [-0.3, -0.25) is 9.78 Å². The average Bonchev–Trinajstić information content (AvgIpc) is 3.39. The summed E-state index contributed by atoms with van der Waals surface area (Å²) in [6.07, 6.45) is 2.68. The van der Waals surface area contributed by atoms with Crippen LogP contribution in [0.15, 0.2) is 35.3 Å². The molecule has 9 nitrogen and oxygen atoms in total. The number of amides is 1. The van der Waals surface area contributed by atoms with E-state index in [1.165, 1.54) is 29.5 Å². The van der Waals surface area contributed by atoms with Crippen molar-refractivity contribution >= 4 is 5.91 Å². The molecule has 0 aromatic carbocycles. The van der Waals surface area contributed by atoms with E-state index in [-0.39, 0.29) is 36.8 Å². The molecular weight excluding hydrogens is 362 g/mol. The van der Waals surface area contributed by atoms with Crippen LogP contribution in [-0.4, -0.2) is 66.2 Å². The number of aromatic nitrogens is 5. The number of oxazole rings is 1. The van der Waals surface area contributed by atoms with Crippen molar-refractivity contribution in [3.63, 3.8) is 0 Å². The second-order valence-corrected chi connectivity index (χ2v) is 6.04. The van der Waals surface area contributed by atoms with E-state index >= 15 is 0 Å². The summed E-state index contributed by atoms with van der Waals surface area (Å²) >= 11 is 0. The maximum Gasteiger partial charge on any atom is 0.276 e. The van der Waals surface area contributed by atoms with E-state index in [1.807, 2.05) is 0 Å². The maximum atomic E-state index is 14.3. The summed E-state index contributed by atoms with van der Waals surface area (Å²) in [5.41, 5.74) is 0.397. The summed E-state index contributed by atoms with van der Waals surface area (Å²) in [6, 6.07) is 1.23. The van der Waals surface area contributed by atoms with Crippen molar-refractivity contribution < 1.29 is 23.1 Å². The number of aliphatic hydroxyl groups excluding tert-OH is 1. The largest absolute Gasteiger partial charge is 0.448 e. The summed E-state index contributed by atoms with van der Waals surface area (Å²) < 4.78 is 32.9. The number of hydrogen-bond donors (Lipinski definition) is 1. The molecule has 1 aliphatic heterocycles. The van der Waals surface area contributed by atoms with Gasteiger partial charge in [-0.25, -0.2) is 13.8 Å². The molecule has 11 heteroatoms. The van der Waals surface area contributed by atoms with E-state index in [4.69, 9.17) is 4.42 Å². The molecule has 1 saturated heterocycles. The predicted molar refractivity (Wildman–Crippen MR) is 85.2 cm³/mol. The lowest BCUT2D eigenvalue weighted by atomic mass is 10.2. The van der Waals surface area contributed by atoms with Gasteiger partial charge in [0.1, 0.15) is 30.0 Å². The predicted octanol–water partition coefficient (Wildman–Crippen LogP) is 0.535. The van der Waals surface area contributed by atoms with Gasteiger partial charge < -0.3 is 14.4 Å². The van der Waals surface area contributed by atoms with Gasteiger partial charge in [-0.15, -0.1) is 4.80 Å². The molecule has 1 N–H and O–H groups in total. The minimum Gasteiger partial charge on any atom is -0.448 e. The van der Waals surface area contributed by atoms with Crippen LogP contribution in [0.25, 0.3) is 5.69 Å². The number of likely N-dealkylation sites (tertiary alicyclic amines) is 1. The first-order valence-electron chi connectivity index (χ1n) is 8.08. The highest BCUT2D eigenvalue weighted by molar-refractivity contribution is 5.92. The third-order valence-corrected chi connectivity index (χ3v) is 4.15. The number of rotatable bonds is 4. The van der Waals surface area contributed by atoms with Crippen LogP contribution in [0, 0.1) is 5.82 Å². The lowest BCUT2D eigenvalue weighted by Gasteiger charge is -2.12. The number of carbonyl (C=O) groups is 1. The summed E-state index contributed by atoms with van der Waals surface area (Å²) in [5, 5.41) is 17.2. The number of hydrogen-bond acceptors (Lipinski definition) is 7. The molecule has 1 amide bonds. The van der Waals surface area contributed by atoms with Crippen LogP contribution < -0.4 is 0 Å². The summed E-state index contributed by atoms with van der Waals surface area (Å²) in [5.74, 6) is -1.07. The van der Waals surface area contributed by atoms with Crippen molar-refractivity contribution in [1.29, 1.82) is 0 Å². The normalized spacial score (nSPS) is 19.6. The molecular formula is C16H14F2N6O3. The van der Waals surface area contributed by atoms with Crippen LogP contribution in [-0.2, 0) is 6.42 Å². The van der Waals surface area contributed by atoms with E-state index < -0.39 is 24.0 Å². The molecule has 140 valence electrons. The van der Waals surface area contributed by atoms with Crippen LogP contribution in [0.4, 0.5) is 8.78 Å². The molecule has 0 aliphatic carbocycles. The second kappa shape index (κ2) is 6.83. The van der Waals surface area contributed by atoms with Crippen molar-refractivity contribution in [2.45, 2.75) is 18.7 Å². The van der Waals surface area contributed by atoms with Gasteiger partial charge in [0.15, 0.2) is 5.69 Å². The minimum atomic E-state index is -1.48. The molecule has 0 saturated carbocycles. The molecule has 27 heavy (non-hydrogen) atoms. The maximum absolute atomic E-state index is 14.3. The first-order valence-corrected chi connectivity index (χ1v) is 8.08. The summed E-state index contributed by atoms with van der Waals surface area (Å²) in [7, 11) is 0. The SMILES string of the molecule is O=C(c1coc(Cc2ncc(-n3nccn3)cc2F)n1)N1C[C@@H](O)[C@H](F)C1. The smallest absolute Gasteiger partial charge is 0.276 e. The van der Waals surface area contributed by atoms with Crippen molar-refractivity contribution in [1.82, 2.24) is 29.9 Å². The topological polar surface area (TPSA) is 110 Å². The highest BCUT2D eigenvalue weighted by Crippen LogP contribution is 2.18. The molecule has 0 spiro atoms. The quantitative estimate of drug-likeness (QED) is 0.707. The molecule has 3 aromatic heterocycles. The van der Waals surface area contributed by atoms with Gasteiger partial charge in [0.25, 0.3) is 5.91 Å². The second-order valence-electron chi connectivity index (χ2n) is 6.04. The fraction of sp³-hybridized carbons (Fsp3) is 0.312. The zero-order valence-electron chi connectivity index (χ0n) is 13.9. The molecule has 0 radical (unpaired) electrons. The molecule has 1 fully saturated rings. The third-order valence-electron chi connectivity index (χ3n) is 4.15. The van der Waals surface area contributed by atoms with Crippen molar-refractivity contribution in [2.24, 2.45) is 0 Å². The molecule has 1 aliphatic rings. The van der Waals surface area contributed by atoms with Crippen LogP contribution >= 0.6 is 0 Å². The number of alkyl halides is 1. The Balaban J connectivity index is 1.47. The Hall–Kier alpha value is -3.21. The number of pyridine rings is 1. The Morgan fingerprint density at radius 3 is 2.78 bits per heavy atom. The van der Waals surface area contributed by atoms with E-state index in [0.717, 1.165) is 11.2 Å². The lowest BCUT2D eigenvalue weighted by molar-refractivity contribution is 0.0758. The molecule has 4 rings (SSSR count). The molecule has 2 atom stereocenters. The lowest BCUT2D eigenvalue weighted by Crippen LogP contribution is -2.29. The van der Waals surface area contributed by atoms with Gasteiger partial charge in [-0.1, -0.05) is 0 Å². The fourth-order valence-electron chi connectivity index (χ4n) is 2.75. The van der Waals surface area contributed by atoms with Crippen molar-refractivity contribution in [2.75, 3.05) is 13.1 Å². The standard InChI is InChI=1S/C16H14F2N6O3/c17-10-3-9(24-20-1-2-21-24)5-19-12(10)4-15-22-13(8-27-15)16(26)23-6-11(18)14(25)7-23/h1-3,5,8,11,14,25H,4,6-7H2/t11-,14-/m1/s1. The van der Waals surface area contributed by atoms with E-state index in [2.05, 4.69) is 20.2 Å². The Bertz CT molecular complexity index is 951. The highest BCUT2D eigenvalue weighted by atomic mass is 19.1. The van der Waals surface area contributed by atoms with Gasteiger partial charge in [-0.2, -0.15) is 10.2 Å². The minimum absolute atomic E-state index is 0.0379. The third kappa shape index (κ3) is 3.40. The number of nitrogens with zero attached hydrogens (tertiary/aromatic N) is 6. The Labute approximate surface area is 151 Å². The van der Waals surface area contributed by atoms with Gasteiger partial charge >= 0.3 is 0 Å². The summed E-state index contributed by atoms with van der Waals surface area (Å²) in [6.45, 7) is -0.317. The van der Waals surface area contributed by atoms with Crippen LogP contribution in [0.3, 0.4) is 0 Å².